The fourth-order valence-electron chi connectivity index (χ4n) is 0.599. The first kappa shape index (κ1) is 6.04. The molecule has 0 aliphatic carbocycles. The molecule has 8 heavy (non-hydrogen) atoms. The Hall–Kier alpha value is -0.0900. The van der Waals surface area contributed by atoms with Crippen LogP contribution in [0, 0.1) is 6.42 Å². The lowest BCUT2D eigenvalue weighted by atomic mass is 10.3. The lowest BCUT2D eigenvalue weighted by Crippen LogP contribution is -2.32. The zero-order valence-corrected chi connectivity index (χ0v) is 5.24. The number of hydrogen-bond acceptors (Lipinski definition) is 2. The highest BCUT2D eigenvalue weighted by molar-refractivity contribution is 7.89. The Morgan fingerprint density at radius 3 is 2.50 bits per heavy atom. The van der Waals surface area contributed by atoms with Gasteiger partial charge < -0.3 is 0 Å². The maximum absolute atomic E-state index is 10.5. The van der Waals surface area contributed by atoms with E-state index in [9.17, 15) is 8.42 Å². The van der Waals surface area contributed by atoms with E-state index in [0.717, 1.165) is 0 Å². The van der Waals surface area contributed by atoms with Crippen LogP contribution in [0.1, 0.15) is 6.42 Å². The van der Waals surface area contributed by atoms with Crippen LogP contribution in [0.3, 0.4) is 0 Å². The first-order chi connectivity index (χ1) is 3.71. The third-order valence-corrected chi connectivity index (χ3v) is 2.42. The van der Waals surface area contributed by atoms with E-state index in [1.54, 1.807) is 0 Å². The van der Waals surface area contributed by atoms with Gasteiger partial charge >= 0.3 is 0 Å². The Bertz CT molecular complexity index is 149. The van der Waals surface area contributed by atoms with Crippen molar-refractivity contribution in [1.82, 2.24) is 4.72 Å². The lowest BCUT2D eigenvalue weighted by Gasteiger charge is -2.10. The zero-order chi connectivity index (χ0) is 6.04. The summed E-state index contributed by atoms with van der Waals surface area (Å²) in [6.45, 7) is 0.502. The highest BCUT2D eigenvalue weighted by Gasteiger charge is 2.12. The molecule has 1 fully saturated rings. The van der Waals surface area contributed by atoms with Crippen molar-refractivity contribution in [2.75, 3.05) is 12.3 Å². The van der Waals surface area contributed by atoms with Gasteiger partial charge in [0.25, 0.3) is 0 Å². The van der Waals surface area contributed by atoms with Gasteiger partial charge in [0.1, 0.15) is 0 Å². The molecular weight excluding hydrogens is 126 g/mol. The number of rotatable bonds is 0. The van der Waals surface area contributed by atoms with Crippen LogP contribution < -0.4 is 4.72 Å². The molecule has 0 aromatic heterocycles. The Labute approximate surface area is 49.1 Å². The van der Waals surface area contributed by atoms with Crippen LogP contribution in [0.5, 0.6) is 0 Å². The van der Waals surface area contributed by atoms with E-state index in [-0.39, 0.29) is 5.75 Å². The standard InChI is InChI=1S/C4H8NO2S/c6-8(7)4-2-1-3-5-8/h1,5H,2-4H2. The van der Waals surface area contributed by atoms with Crippen LogP contribution in [-0.2, 0) is 10.0 Å². The van der Waals surface area contributed by atoms with Crippen molar-refractivity contribution < 1.29 is 8.42 Å². The van der Waals surface area contributed by atoms with Crippen LogP contribution in [-0.4, -0.2) is 20.7 Å². The third-order valence-electron chi connectivity index (χ3n) is 1.04. The molecule has 1 saturated heterocycles. The molecule has 1 N–H and O–H groups in total. The summed E-state index contributed by atoms with van der Waals surface area (Å²) in [6.07, 6.45) is 2.61. The van der Waals surface area contributed by atoms with Crippen LogP contribution in [0.15, 0.2) is 0 Å². The molecule has 0 amide bonds. The number of hydrogen-bond donors (Lipinski definition) is 1. The molecule has 0 unspecified atom stereocenters. The summed E-state index contributed by atoms with van der Waals surface area (Å²) in [5.74, 6) is 0.257. The summed E-state index contributed by atoms with van der Waals surface area (Å²) in [6, 6.07) is 0. The fraction of sp³-hybridized carbons (Fsp3) is 0.750. The normalized spacial score (nSPS) is 27.5. The summed E-state index contributed by atoms with van der Waals surface area (Å²) >= 11 is 0. The van der Waals surface area contributed by atoms with Crippen molar-refractivity contribution in [3.63, 3.8) is 0 Å². The van der Waals surface area contributed by atoms with E-state index in [1.807, 2.05) is 6.42 Å². The Kier molecular flexibility index (Phi) is 1.53. The maximum atomic E-state index is 10.5. The number of nitrogens with one attached hydrogen (secondary N) is 1. The van der Waals surface area contributed by atoms with Crippen molar-refractivity contribution in [2.24, 2.45) is 0 Å². The predicted octanol–water partition coefficient (Wildman–Crippen LogP) is -0.486. The molecule has 1 heterocycles. The molecule has 0 spiro atoms. The average Bonchev–Trinajstić information content (AvgIpc) is 1.65. The van der Waals surface area contributed by atoms with Crippen molar-refractivity contribution in [3.8, 4) is 0 Å². The van der Waals surface area contributed by atoms with Crippen LogP contribution >= 0.6 is 0 Å². The van der Waals surface area contributed by atoms with Crippen molar-refractivity contribution in [3.05, 3.63) is 6.42 Å². The summed E-state index contributed by atoms with van der Waals surface area (Å²) in [5, 5.41) is 0. The molecule has 0 atom stereocenters. The summed E-state index contributed by atoms with van der Waals surface area (Å²) in [4.78, 5) is 0. The second kappa shape index (κ2) is 2.03. The predicted molar refractivity (Wildman–Crippen MR) is 30.7 cm³/mol. The summed E-state index contributed by atoms with van der Waals surface area (Å²) < 4.78 is 23.4. The number of sulfonamides is 1. The molecule has 1 radical (unpaired) electrons. The van der Waals surface area contributed by atoms with Crippen LogP contribution in [0.2, 0.25) is 0 Å². The molecule has 4 heteroatoms. The van der Waals surface area contributed by atoms with E-state index in [1.165, 1.54) is 0 Å². The minimum Gasteiger partial charge on any atom is -0.215 e. The molecule has 0 bridgehead atoms. The summed E-state index contributed by atoms with van der Waals surface area (Å²) in [7, 11) is -2.86. The molecule has 0 aromatic rings. The minimum atomic E-state index is -2.86. The highest BCUT2D eigenvalue weighted by atomic mass is 32.2. The molecule has 0 aromatic carbocycles. The molecule has 1 rings (SSSR count). The second-order valence-electron chi connectivity index (χ2n) is 1.74. The topological polar surface area (TPSA) is 46.2 Å². The van der Waals surface area contributed by atoms with E-state index < -0.39 is 10.0 Å². The largest absolute Gasteiger partial charge is 0.215 e. The van der Waals surface area contributed by atoms with Crippen LogP contribution in [0.4, 0.5) is 0 Å². The van der Waals surface area contributed by atoms with Gasteiger partial charge in [0.2, 0.25) is 10.0 Å². The van der Waals surface area contributed by atoms with Gasteiger partial charge in [-0.3, -0.25) is 0 Å². The lowest BCUT2D eigenvalue weighted by molar-refractivity contribution is 0.576. The molecule has 47 valence electrons. The van der Waals surface area contributed by atoms with Crippen molar-refractivity contribution in [1.29, 1.82) is 0 Å². The quantitative estimate of drug-likeness (QED) is 0.486. The summed E-state index contributed by atoms with van der Waals surface area (Å²) in [5.41, 5.74) is 0. The maximum Gasteiger partial charge on any atom is 0.211 e. The SMILES string of the molecule is O=S1(=O)CC[CH]CN1. The van der Waals surface area contributed by atoms with E-state index in [2.05, 4.69) is 4.72 Å². The first-order valence-corrected chi connectivity index (χ1v) is 4.15. The zero-order valence-electron chi connectivity index (χ0n) is 4.42. The molecular formula is C4H8NO2S. The third kappa shape index (κ3) is 1.45. The Balaban J connectivity index is 2.58. The van der Waals surface area contributed by atoms with Gasteiger partial charge in [-0.2, -0.15) is 0 Å². The average molecular weight is 134 g/mol. The molecule has 1 aliphatic heterocycles. The van der Waals surface area contributed by atoms with Gasteiger partial charge in [0.15, 0.2) is 0 Å². The van der Waals surface area contributed by atoms with Gasteiger partial charge in [0, 0.05) is 6.54 Å². The second-order valence-corrected chi connectivity index (χ2v) is 3.67. The van der Waals surface area contributed by atoms with Gasteiger partial charge in [-0.1, -0.05) is 0 Å². The monoisotopic (exact) mass is 134 g/mol. The fourth-order valence-corrected chi connectivity index (χ4v) is 1.59. The van der Waals surface area contributed by atoms with Crippen molar-refractivity contribution >= 4 is 10.0 Å². The molecule has 0 saturated carbocycles. The highest BCUT2D eigenvalue weighted by Crippen LogP contribution is 1.98. The van der Waals surface area contributed by atoms with Crippen LogP contribution in [0.25, 0.3) is 0 Å². The van der Waals surface area contributed by atoms with E-state index >= 15 is 0 Å². The minimum absolute atomic E-state index is 0.257. The van der Waals surface area contributed by atoms with Crippen molar-refractivity contribution in [2.45, 2.75) is 6.42 Å². The first-order valence-electron chi connectivity index (χ1n) is 2.50. The Morgan fingerprint density at radius 2 is 2.25 bits per heavy atom. The van der Waals surface area contributed by atoms with Gasteiger partial charge in [-0.05, 0) is 12.8 Å². The Morgan fingerprint density at radius 1 is 1.50 bits per heavy atom. The molecule has 3 nitrogen and oxygen atoms in total. The van der Waals surface area contributed by atoms with Gasteiger partial charge in [-0.15, -0.1) is 0 Å². The van der Waals surface area contributed by atoms with Gasteiger partial charge in [-0.25, -0.2) is 13.1 Å². The van der Waals surface area contributed by atoms with Gasteiger partial charge in [0.05, 0.1) is 5.75 Å². The van der Waals surface area contributed by atoms with E-state index in [0.29, 0.717) is 13.0 Å². The molecule has 1 aliphatic rings. The van der Waals surface area contributed by atoms with E-state index in [4.69, 9.17) is 0 Å². The smallest absolute Gasteiger partial charge is 0.211 e.